The van der Waals surface area contributed by atoms with Crippen LogP contribution in [0.15, 0.2) is 78.9 Å². The Kier molecular flexibility index (Phi) is 7.74. The van der Waals surface area contributed by atoms with Gasteiger partial charge in [0, 0.05) is 31.9 Å². The van der Waals surface area contributed by atoms with Gasteiger partial charge in [-0.25, -0.2) is 4.79 Å². The second-order valence-corrected chi connectivity index (χ2v) is 8.26. The van der Waals surface area contributed by atoms with Crippen molar-refractivity contribution in [3.8, 4) is 11.5 Å². The average molecular weight is 474 g/mol. The number of anilines is 1. The summed E-state index contributed by atoms with van der Waals surface area (Å²) in [7, 11) is 0. The third kappa shape index (κ3) is 6.45. The Morgan fingerprint density at radius 3 is 2.14 bits per heavy atom. The first-order valence-electron chi connectivity index (χ1n) is 11.5. The van der Waals surface area contributed by atoms with Gasteiger partial charge in [-0.05, 0) is 55.0 Å². The van der Waals surface area contributed by atoms with Crippen LogP contribution in [0, 0.1) is 0 Å². The van der Waals surface area contributed by atoms with Gasteiger partial charge in [0.2, 0.25) is 5.91 Å². The van der Waals surface area contributed by atoms with Gasteiger partial charge in [-0.2, -0.15) is 0 Å². The first-order chi connectivity index (χ1) is 17.0. The topological polar surface area (TPSA) is 99.2 Å². The molecule has 3 aromatic carbocycles. The van der Waals surface area contributed by atoms with Gasteiger partial charge >= 0.3 is 5.97 Å². The van der Waals surface area contributed by atoms with E-state index < -0.39 is 5.97 Å². The van der Waals surface area contributed by atoms with E-state index in [1.54, 1.807) is 41.3 Å². The number of carboxylic acids is 1. The van der Waals surface area contributed by atoms with Crippen LogP contribution in [0.2, 0.25) is 0 Å². The third-order valence-electron chi connectivity index (χ3n) is 5.75. The molecule has 0 saturated carbocycles. The number of nitrogens with zero attached hydrogens (tertiary/aromatic N) is 2. The van der Waals surface area contributed by atoms with E-state index in [9.17, 15) is 19.5 Å². The number of carbonyl (C=O) groups is 3. The predicted octanol–water partition coefficient (Wildman–Crippen LogP) is 3.96. The summed E-state index contributed by atoms with van der Waals surface area (Å²) in [5, 5.41) is 12.3. The number of aromatic carboxylic acids is 1. The van der Waals surface area contributed by atoms with Gasteiger partial charge in [0.1, 0.15) is 11.5 Å². The molecule has 8 heteroatoms. The number of hydrogen-bond donors (Lipinski definition) is 2. The summed E-state index contributed by atoms with van der Waals surface area (Å²) in [6.45, 7) is 2.33. The monoisotopic (exact) mass is 473 g/mol. The average Bonchev–Trinajstić information content (AvgIpc) is 3.11. The number of hydrogen-bond acceptors (Lipinski definition) is 5. The summed E-state index contributed by atoms with van der Waals surface area (Å²) in [5.41, 5.74) is 0.858. The first kappa shape index (κ1) is 24.0. The van der Waals surface area contributed by atoms with E-state index in [2.05, 4.69) is 5.32 Å². The summed E-state index contributed by atoms with van der Waals surface area (Å²) in [5.74, 6) is -0.146. The number of amides is 2. The van der Waals surface area contributed by atoms with E-state index in [1.165, 1.54) is 12.1 Å². The van der Waals surface area contributed by atoms with E-state index in [-0.39, 0.29) is 29.5 Å². The van der Waals surface area contributed by atoms with Crippen molar-refractivity contribution in [2.24, 2.45) is 0 Å². The molecule has 35 heavy (non-hydrogen) atoms. The normalized spacial score (nSPS) is 14.1. The highest BCUT2D eigenvalue weighted by Crippen LogP contribution is 2.22. The predicted molar refractivity (Wildman–Crippen MR) is 132 cm³/mol. The highest BCUT2D eigenvalue weighted by Gasteiger charge is 2.24. The van der Waals surface area contributed by atoms with E-state index in [4.69, 9.17) is 4.74 Å². The molecule has 8 nitrogen and oxygen atoms in total. The lowest BCUT2D eigenvalue weighted by Gasteiger charge is -2.22. The molecule has 2 amide bonds. The zero-order valence-corrected chi connectivity index (χ0v) is 19.2. The van der Waals surface area contributed by atoms with Crippen LogP contribution in [0.25, 0.3) is 0 Å². The number of benzene rings is 3. The van der Waals surface area contributed by atoms with Gasteiger partial charge in [-0.3, -0.25) is 14.5 Å². The van der Waals surface area contributed by atoms with Crippen molar-refractivity contribution in [2.45, 2.75) is 6.42 Å². The van der Waals surface area contributed by atoms with Crippen LogP contribution in [0.3, 0.4) is 0 Å². The fourth-order valence-electron chi connectivity index (χ4n) is 3.99. The van der Waals surface area contributed by atoms with Crippen molar-refractivity contribution in [1.82, 2.24) is 9.80 Å². The molecule has 0 spiro atoms. The molecule has 180 valence electrons. The number of carboxylic acid groups (broad SMARTS) is 1. The molecular formula is C27H27N3O5. The Balaban J connectivity index is 1.28. The quantitative estimate of drug-likeness (QED) is 0.539. The van der Waals surface area contributed by atoms with Crippen molar-refractivity contribution < 1.29 is 24.2 Å². The summed E-state index contributed by atoms with van der Waals surface area (Å²) in [4.78, 5) is 40.7. The lowest BCUT2D eigenvalue weighted by atomic mass is 10.1. The van der Waals surface area contributed by atoms with Crippen molar-refractivity contribution in [1.29, 1.82) is 0 Å². The molecule has 0 bridgehead atoms. The van der Waals surface area contributed by atoms with Crippen LogP contribution in [0.5, 0.6) is 11.5 Å². The molecule has 0 aliphatic carbocycles. The minimum atomic E-state index is -1.12. The summed E-state index contributed by atoms with van der Waals surface area (Å²) in [6.07, 6.45) is 0.694. The third-order valence-corrected chi connectivity index (χ3v) is 5.75. The fraction of sp³-hybridized carbons (Fsp3) is 0.222. The summed E-state index contributed by atoms with van der Waals surface area (Å²) in [6, 6.07) is 22.9. The molecule has 1 aliphatic heterocycles. The standard InChI is InChI=1S/C27H27N3O5/c31-25(28-20-11-13-22(14-12-20)35-21-7-2-1-3-8-21)19-29-15-6-16-30(18-17-29)26(32)23-9-4-5-10-24(23)27(33)34/h1-5,7-14H,6,15-19H2,(H,28,31)(H,33,34). The van der Waals surface area contributed by atoms with Crippen LogP contribution in [0.1, 0.15) is 27.1 Å². The SMILES string of the molecule is O=C(CN1CCCN(C(=O)c2ccccc2C(=O)O)CC1)Nc1ccc(Oc2ccccc2)cc1. The zero-order chi connectivity index (χ0) is 24.6. The van der Waals surface area contributed by atoms with E-state index in [0.717, 1.165) is 5.75 Å². The Morgan fingerprint density at radius 1 is 0.771 bits per heavy atom. The molecule has 1 heterocycles. The zero-order valence-electron chi connectivity index (χ0n) is 19.2. The van der Waals surface area contributed by atoms with E-state index in [0.29, 0.717) is 44.0 Å². The van der Waals surface area contributed by atoms with Crippen LogP contribution in [-0.2, 0) is 4.79 Å². The second kappa shape index (κ2) is 11.3. The van der Waals surface area contributed by atoms with Crippen LogP contribution < -0.4 is 10.1 Å². The molecule has 0 atom stereocenters. The van der Waals surface area contributed by atoms with Gasteiger partial charge in [-0.15, -0.1) is 0 Å². The Morgan fingerprint density at radius 2 is 1.43 bits per heavy atom. The van der Waals surface area contributed by atoms with Gasteiger partial charge in [-0.1, -0.05) is 30.3 Å². The maximum absolute atomic E-state index is 12.9. The number of carbonyl (C=O) groups excluding carboxylic acids is 2. The number of nitrogens with one attached hydrogen (secondary N) is 1. The summed E-state index contributed by atoms with van der Waals surface area (Å²) < 4.78 is 5.77. The second-order valence-electron chi connectivity index (χ2n) is 8.26. The van der Waals surface area contributed by atoms with Gasteiger partial charge in [0.15, 0.2) is 0 Å². The van der Waals surface area contributed by atoms with Gasteiger partial charge in [0.25, 0.3) is 5.91 Å². The van der Waals surface area contributed by atoms with Crippen molar-refractivity contribution in [2.75, 3.05) is 38.0 Å². The van der Waals surface area contributed by atoms with Crippen molar-refractivity contribution in [3.05, 3.63) is 90.0 Å². The molecule has 3 aromatic rings. The molecule has 1 fully saturated rings. The van der Waals surface area contributed by atoms with E-state index >= 15 is 0 Å². The van der Waals surface area contributed by atoms with Crippen molar-refractivity contribution in [3.63, 3.8) is 0 Å². The molecule has 2 N–H and O–H groups in total. The number of rotatable bonds is 7. The summed E-state index contributed by atoms with van der Waals surface area (Å²) >= 11 is 0. The van der Waals surface area contributed by atoms with Crippen LogP contribution >= 0.6 is 0 Å². The number of para-hydroxylation sites is 1. The highest BCUT2D eigenvalue weighted by molar-refractivity contribution is 6.04. The highest BCUT2D eigenvalue weighted by atomic mass is 16.5. The molecule has 1 aliphatic rings. The van der Waals surface area contributed by atoms with E-state index in [1.807, 2.05) is 35.2 Å². The molecule has 0 radical (unpaired) electrons. The molecule has 0 aromatic heterocycles. The lowest BCUT2D eigenvalue weighted by molar-refractivity contribution is -0.117. The first-order valence-corrected chi connectivity index (χ1v) is 11.5. The van der Waals surface area contributed by atoms with Crippen LogP contribution in [-0.4, -0.2) is 65.4 Å². The molecule has 4 rings (SSSR count). The maximum Gasteiger partial charge on any atom is 0.336 e. The molecular weight excluding hydrogens is 446 g/mol. The fourth-order valence-corrected chi connectivity index (χ4v) is 3.99. The number of ether oxygens (including phenoxy) is 1. The Hall–Kier alpha value is -4.17. The van der Waals surface area contributed by atoms with Gasteiger partial charge < -0.3 is 20.1 Å². The maximum atomic E-state index is 12.9. The Bertz CT molecular complexity index is 1180. The lowest BCUT2D eigenvalue weighted by Crippen LogP contribution is -2.38. The van der Waals surface area contributed by atoms with Crippen molar-refractivity contribution >= 4 is 23.5 Å². The minimum Gasteiger partial charge on any atom is -0.478 e. The smallest absolute Gasteiger partial charge is 0.336 e. The largest absolute Gasteiger partial charge is 0.478 e. The minimum absolute atomic E-state index is 0.00170. The van der Waals surface area contributed by atoms with Gasteiger partial charge in [0.05, 0.1) is 17.7 Å². The molecule has 1 saturated heterocycles. The van der Waals surface area contributed by atoms with Crippen LogP contribution in [0.4, 0.5) is 5.69 Å². The Labute approximate surface area is 203 Å². The molecule has 0 unspecified atom stereocenters.